The van der Waals surface area contributed by atoms with Gasteiger partial charge in [-0.1, -0.05) is 22.0 Å². The van der Waals surface area contributed by atoms with Gasteiger partial charge in [0, 0.05) is 10.2 Å². The van der Waals surface area contributed by atoms with Crippen LogP contribution < -0.4 is 15.2 Å². The van der Waals surface area contributed by atoms with E-state index >= 15 is 0 Å². The molecule has 144 valence electrons. The van der Waals surface area contributed by atoms with Gasteiger partial charge in [-0.25, -0.2) is 22.7 Å². The fourth-order valence-electron chi connectivity index (χ4n) is 1.86. The predicted octanol–water partition coefficient (Wildman–Crippen LogP) is 1.80. The second kappa shape index (κ2) is 8.93. The number of carbonyl (C=O) groups is 2. The lowest BCUT2D eigenvalue weighted by molar-refractivity contribution is -0.149. The number of esters is 1. The van der Waals surface area contributed by atoms with Crippen molar-refractivity contribution in [1.82, 2.24) is 0 Å². The number of nitrogens with one attached hydrogen (secondary N) is 1. The maximum absolute atomic E-state index is 13.6. The molecule has 8 nitrogen and oxygen atoms in total. The van der Waals surface area contributed by atoms with E-state index in [1.165, 1.54) is 36.4 Å². The number of amides is 1. The van der Waals surface area contributed by atoms with Gasteiger partial charge in [-0.3, -0.25) is 4.79 Å². The molecule has 0 aliphatic heterocycles. The highest BCUT2D eigenvalue weighted by Gasteiger charge is 2.12. The molecule has 0 bridgehead atoms. The first-order valence-corrected chi connectivity index (χ1v) is 9.65. The SMILES string of the molecule is NS(=O)(=O)c1cccc(NC(=O)COC(=O)COc2ccc(Br)cc2F)c1. The molecule has 0 aromatic heterocycles. The fraction of sp³-hybridized carbons (Fsp3) is 0.125. The van der Waals surface area contributed by atoms with Gasteiger partial charge in [0.2, 0.25) is 10.0 Å². The van der Waals surface area contributed by atoms with Gasteiger partial charge < -0.3 is 14.8 Å². The molecular weight excluding hydrogens is 447 g/mol. The maximum Gasteiger partial charge on any atom is 0.344 e. The third-order valence-corrected chi connectivity index (χ3v) is 4.45. The Bertz CT molecular complexity index is 967. The van der Waals surface area contributed by atoms with Crippen molar-refractivity contribution in [2.75, 3.05) is 18.5 Å². The summed E-state index contributed by atoms with van der Waals surface area (Å²) in [6.07, 6.45) is 0. The number of benzene rings is 2. The molecule has 0 unspecified atom stereocenters. The van der Waals surface area contributed by atoms with Gasteiger partial charge in [-0.2, -0.15) is 0 Å². The Morgan fingerprint density at radius 1 is 1.15 bits per heavy atom. The molecule has 0 heterocycles. The number of halogens is 2. The molecule has 0 aliphatic rings. The summed E-state index contributed by atoms with van der Waals surface area (Å²) >= 11 is 3.09. The minimum atomic E-state index is -3.91. The van der Waals surface area contributed by atoms with Gasteiger partial charge in [0.05, 0.1) is 4.90 Å². The van der Waals surface area contributed by atoms with Crippen LogP contribution in [0.5, 0.6) is 5.75 Å². The van der Waals surface area contributed by atoms with Crippen LogP contribution in [0.4, 0.5) is 10.1 Å². The number of rotatable bonds is 7. The third kappa shape index (κ3) is 6.62. The fourth-order valence-corrected chi connectivity index (χ4v) is 2.76. The molecule has 1 amide bonds. The first-order valence-electron chi connectivity index (χ1n) is 7.31. The average Bonchev–Trinajstić information content (AvgIpc) is 2.58. The van der Waals surface area contributed by atoms with E-state index in [1.54, 1.807) is 0 Å². The standard InChI is InChI=1S/C16H14BrFN2O6S/c17-10-4-5-14(13(18)6-10)25-9-16(22)26-8-15(21)20-11-2-1-3-12(7-11)27(19,23)24/h1-7H,8-9H2,(H,20,21)(H2,19,23,24). The van der Waals surface area contributed by atoms with Gasteiger partial charge in [0.1, 0.15) is 0 Å². The van der Waals surface area contributed by atoms with E-state index < -0.39 is 40.9 Å². The predicted molar refractivity (Wildman–Crippen MR) is 97.0 cm³/mol. The highest BCUT2D eigenvalue weighted by atomic mass is 79.9. The van der Waals surface area contributed by atoms with Crippen LogP contribution >= 0.6 is 15.9 Å². The van der Waals surface area contributed by atoms with Gasteiger partial charge in [0.15, 0.2) is 24.8 Å². The maximum atomic E-state index is 13.6. The largest absolute Gasteiger partial charge is 0.479 e. The Morgan fingerprint density at radius 2 is 1.89 bits per heavy atom. The molecule has 2 aromatic rings. The summed E-state index contributed by atoms with van der Waals surface area (Å²) in [6, 6.07) is 9.29. The molecule has 27 heavy (non-hydrogen) atoms. The van der Waals surface area contributed by atoms with Crippen molar-refractivity contribution >= 4 is 43.5 Å². The number of carbonyl (C=O) groups excluding carboxylic acids is 2. The smallest absolute Gasteiger partial charge is 0.344 e. The van der Waals surface area contributed by atoms with E-state index in [4.69, 9.17) is 14.6 Å². The molecule has 0 saturated carbocycles. The normalized spacial score (nSPS) is 10.9. The molecule has 2 rings (SSSR count). The minimum Gasteiger partial charge on any atom is -0.479 e. The van der Waals surface area contributed by atoms with Crippen molar-refractivity contribution in [2.24, 2.45) is 5.14 Å². The molecule has 11 heteroatoms. The Balaban J connectivity index is 1.82. The van der Waals surface area contributed by atoms with Gasteiger partial charge in [-0.05, 0) is 36.4 Å². The molecule has 0 fully saturated rings. The monoisotopic (exact) mass is 460 g/mol. The second-order valence-electron chi connectivity index (χ2n) is 5.15. The van der Waals surface area contributed by atoms with E-state index in [-0.39, 0.29) is 16.3 Å². The van der Waals surface area contributed by atoms with Gasteiger partial charge in [0.25, 0.3) is 5.91 Å². The molecular formula is C16H14BrFN2O6S. The van der Waals surface area contributed by atoms with Crippen LogP contribution in [-0.2, 0) is 24.3 Å². The van der Waals surface area contributed by atoms with Gasteiger partial charge >= 0.3 is 5.97 Å². The Labute approximate surface area is 162 Å². The van der Waals surface area contributed by atoms with Crippen LogP contribution in [0.1, 0.15) is 0 Å². The summed E-state index contributed by atoms with van der Waals surface area (Å²) < 4.78 is 46.3. The first-order chi connectivity index (χ1) is 12.6. The van der Waals surface area contributed by atoms with Crippen molar-refractivity contribution in [3.05, 3.63) is 52.8 Å². The Hall–Kier alpha value is -2.50. The molecule has 0 atom stereocenters. The first kappa shape index (κ1) is 20.8. The lowest BCUT2D eigenvalue weighted by Gasteiger charge is -2.09. The van der Waals surface area contributed by atoms with E-state index in [0.29, 0.717) is 4.47 Å². The number of ether oxygens (including phenoxy) is 2. The summed E-state index contributed by atoms with van der Waals surface area (Å²) in [5.41, 5.74) is 0.163. The third-order valence-electron chi connectivity index (χ3n) is 3.05. The van der Waals surface area contributed by atoms with E-state index in [1.807, 2.05) is 0 Å². The van der Waals surface area contributed by atoms with Crippen LogP contribution in [0, 0.1) is 5.82 Å². The Kier molecular flexibility index (Phi) is 6.88. The van der Waals surface area contributed by atoms with Crippen LogP contribution in [0.2, 0.25) is 0 Å². The van der Waals surface area contributed by atoms with Crippen LogP contribution in [-0.4, -0.2) is 33.5 Å². The molecule has 0 aliphatic carbocycles. The van der Waals surface area contributed by atoms with Crippen molar-refractivity contribution in [3.8, 4) is 5.75 Å². The summed E-state index contributed by atoms with van der Waals surface area (Å²) in [5.74, 6) is -2.39. The Morgan fingerprint density at radius 3 is 2.56 bits per heavy atom. The van der Waals surface area contributed by atoms with Crippen LogP contribution in [0.25, 0.3) is 0 Å². The zero-order valence-electron chi connectivity index (χ0n) is 13.6. The molecule has 3 N–H and O–H groups in total. The summed E-state index contributed by atoms with van der Waals surface area (Å²) in [7, 11) is -3.91. The molecule has 2 aromatic carbocycles. The highest BCUT2D eigenvalue weighted by molar-refractivity contribution is 9.10. The van der Waals surface area contributed by atoms with Crippen molar-refractivity contribution in [3.63, 3.8) is 0 Å². The van der Waals surface area contributed by atoms with Gasteiger partial charge in [-0.15, -0.1) is 0 Å². The van der Waals surface area contributed by atoms with Crippen molar-refractivity contribution in [2.45, 2.75) is 4.90 Å². The van der Waals surface area contributed by atoms with Crippen LogP contribution in [0.3, 0.4) is 0 Å². The lowest BCUT2D eigenvalue weighted by atomic mass is 10.3. The lowest BCUT2D eigenvalue weighted by Crippen LogP contribution is -2.24. The van der Waals surface area contributed by atoms with E-state index in [9.17, 15) is 22.4 Å². The van der Waals surface area contributed by atoms with Crippen LogP contribution in [0.15, 0.2) is 51.8 Å². The summed E-state index contributed by atoms with van der Waals surface area (Å²) in [6.45, 7) is -1.22. The molecule has 0 saturated heterocycles. The number of primary sulfonamides is 1. The minimum absolute atomic E-state index is 0.139. The summed E-state index contributed by atoms with van der Waals surface area (Å²) in [5, 5.41) is 7.36. The number of nitrogens with two attached hydrogens (primary N) is 1. The molecule has 0 spiro atoms. The number of hydrogen-bond donors (Lipinski definition) is 2. The van der Waals surface area contributed by atoms with E-state index in [0.717, 1.165) is 6.07 Å². The average molecular weight is 461 g/mol. The number of anilines is 1. The quantitative estimate of drug-likeness (QED) is 0.606. The van der Waals surface area contributed by atoms with Crippen molar-refractivity contribution in [1.29, 1.82) is 0 Å². The summed E-state index contributed by atoms with van der Waals surface area (Å²) in [4.78, 5) is 23.2. The number of sulfonamides is 1. The van der Waals surface area contributed by atoms with Crippen molar-refractivity contribution < 1.29 is 31.9 Å². The highest BCUT2D eigenvalue weighted by Crippen LogP contribution is 2.21. The topological polar surface area (TPSA) is 125 Å². The zero-order valence-corrected chi connectivity index (χ0v) is 16.0. The zero-order chi connectivity index (χ0) is 20.0. The number of hydrogen-bond acceptors (Lipinski definition) is 6. The second-order valence-corrected chi connectivity index (χ2v) is 7.62. The molecule has 0 radical (unpaired) electrons. The van der Waals surface area contributed by atoms with E-state index in [2.05, 4.69) is 21.2 Å².